The van der Waals surface area contributed by atoms with Crippen molar-refractivity contribution < 1.29 is 4.79 Å². The van der Waals surface area contributed by atoms with Crippen molar-refractivity contribution in [2.75, 3.05) is 0 Å². The van der Waals surface area contributed by atoms with Crippen LogP contribution in [0, 0.1) is 13.8 Å². The van der Waals surface area contributed by atoms with Gasteiger partial charge in [0.1, 0.15) is 0 Å². The van der Waals surface area contributed by atoms with Crippen molar-refractivity contribution in [1.29, 1.82) is 0 Å². The summed E-state index contributed by atoms with van der Waals surface area (Å²) >= 11 is 0. The van der Waals surface area contributed by atoms with Crippen LogP contribution in [0.1, 0.15) is 27.2 Å². The molecule has 0 saturated heterocycles. The van der Waals surface area contributed by atoms with E-state index in [4.69, 9.17) is 0 Å². The number of hydrogen-bond donors (Lipinski definition) is 1. The van der Waals surface area contributed by atoms with Crippen LogP contribution in [0.5, 0.6) is 0 Å². The Morgan fingerprint density at radius 1 is 0.870 bits per heavy atom. The quantitative estimate of drug-likeness (QED) is 0.509. The molecule has 0 aliphatic rings. The lowest BCUT2D eigenvalue weighted by Crippen LogP contribution is -2.03. The monoisotopic (exact) mass is 299 g/mol. The molecule has 0 spiro atoms. The van der Waals surface area contributed by atoms with Gasteiger partial charge in [0.15, 0.2) is 5.78 Å². The van der Waals surface area contributed by atoms with Gasteiger partial charge in [-0.3, -0.25) is 4.79 Å². The molecule has 4 rings (SSSR count). The normalized spacial score (nSPS) is 11.2. The fraction of sp³-hybridized carbons (Fsp3) is 0.0952. The van der Waals surface area contributed by atoms with Crippen molar-refractivity contribution >= 4 is 27.5 Å². The topological polar surface area (TPSA) is 32.9 Å². The van der Waals surface area contributed by atoms with E-state index in [-0.39, 0.29) is 5.78 Å². The molecule has 0 amide bonds. The summed E-state index contributed by atoms with van der Waals surface area (Å²) in [5.74, 6) is 0.0782. The zero-order valence-electron chi connectivity index (χ0n) is 13.2. The van der Waals surface area contributed by atoms with Gasteiger partial charge in [-0.15, -0.1) is 0 Å². The Morgan fingerprint density at radius 3 is 2.52 bits per heavy atom. The predicted molar refractivity (Wildman–Crippen MR) is 95.2 cm³/mol. The molecule has 0 saturated carbocycles. The summed E-state index contributed by atoms with van der Waals surface area (Å²) in [6.45, 7) is 4.02. The molecule has 112 valence electrons. The van der Waals surface area contributed by atoms with Crippen molar-refractivity contribution in [3.63, 3.8) is 0 Å². The number of H-pyrrole nitrogens is 1. The van der Waals surface area contributed by atoms with Crippen LogP contribution in [0.3, 0.4) is 0 Å². The third-order valence-electron chi connectivity index (χ3n) is 4.40. The molecule has 0 radical (unpaired) electrons. The molecule has 4 aromatic rings. The summed E-state index contributed by atoms with van der Waals surface area (Å²) < 4.78 is 0. The summed E-state index contributed by atoms with van der Waals surface area (Å²) in [5.41, 5.74) is 4.65. The molecule has 1 aromatic heterocycles. The maximum Gasteiger partial charge on any atom is 0.196 e. The van der Waals surface area contributed by atoms with Gasteiger partial charge in [0.25, 0.3) is 0 Å². The first-order valence-electron chi connectivity index (χ1n) is 7.76. The van der Waals surface area contributed by atoms with Gasteiger partial charge >= 0.3 is 0 Å². The van der Waals surface area contributed by atoms with Crippen LogP contribution in [0.4, 0.5) is 0 Å². The Balaban J connectivity index is 1.97. The Morgan fingerprint density at radius 2 is 1.65 bits per heavy atom. The highest BCUT2D eigenvalue weighted by atomic mass is 16.1. The number of benzene rings is 3. The van der Waals surface area contributed by atoms with Gasteiger partial charge in [0.2, 0.25) is 0 Å². The minimum atomic E-state index is 0.0782. The van der Waals surface area contributed by atoms with E-state index in [1.165, 1.54) is 5.56 Å². The third kappa shape index (κ3) is 2.15. The minimum Gasteiger partial charge on any atom is -0.358 e. The highest BCUT2D eigenvalue weighted by Crippen LogP contribution is 2.28. The van der Waals surface area contributed by atoms with Crippen molar-refractivity contribution in [2.24, 2.45) is 0 Å². The first-order valence-corrected chi connectivity index (χ1v) is 7.76. The Kier molecular flexibility index (Phi) is 3.05. The Hall–Kier alpha value is -2.87. The number of rotatable bonds is 2. The van der Waals surface area contributed by atoms with Crippen LogP contribution in [0.2, 0.25) is 0 Å². The van der Waals surface area contributed by atoms with E-state index in [2.05, 4.69) is 24.0 Å². The van der Waals surface area contributed by atoms with E-state index in [0.717, 1.165) is 38.5 Å². The van der Waals surface area contributed by atoms with E-state index < -0.39 is 0 Å². The number of aromatic amines is 1. The second-order valence-electron chi connectivity index (χ2n) is 6.03. The number of carbonyl (C=O) groups is 1. The maximum atomic E-state index is 13.2. The summed E-state index contributed by atoms with van der Waals surface area (Å²) in [7, 11) is 0. The van der Waals surface area contributed by atoms with Crippen LogP contribution in [0.25, 0.3) is 21.7 Å². The summed E-state index contributed by atoms with van der Waals surface area (Å²) in [5, 5.41) is 3.08. The van der Waals surface area contributed by atoms with E-state index in [9.17, 15) is 4.79 Å². The molecule has 1 heterocycles. The van der Waals surface area contributed by atoms with Gasteiger partial charge < -0.3 is 4.98 Å². The molecule has 0 bridgehead atoms. The van der Waals surface area contributed by atoms with Crippen molar-refractivity contribution in [1.82, 2.24) is 4.98 Å². The Bertz CT molecular complexity index is 1050. The second kappa shape index (κ2) is 5.10. The number of carbonyl (C=O) groups excluding carboxylic acids is 1. The molecule has 3 aromatic carbocycles. The van der Waals surface area contributed by atoms with Gasteiger partial charge in [-0.2, -0.15) is 0 Å². The van der Waals surface area contributed by atoms with E-state index in [0.29, 0.717) is 0 Å². The van der Waals surface area contributed by atoms with Gasteiger partial charge in [-0.05, 0) is 36.2 Å². The van der Waals surface area contributed by atoms with E-state index in [1.807, 2.05) is 55.5 Å². The standard InChI is InChI=1S/C21H17NO/c1-13-10-11-18-19(12-13)22-14(2)20(18)21(23)17-9-5-7-15-6-3-4-8-16(15)17/h3-12,22H,1-2H3. The first kappa shape index (κ1) is 13.8. The maximum absolute atomic E-state index is 13.2. The predicted octanol–water partition coefficient (Wildman–Crippen LogP) is 5.17. The zero-order chi connectivity index (χ0) is 16.0. The van der Waals surface area contributed by atoms with Crippen LogP contribution in [-0.2, 0) is 0 Å². The lowest BCUT2D eigenvalue weighted by Gasteiger charge is -2.06. The number of hydrogen-bond acceptors (Lipinski definition) is 1. The molecule has 2 heteroatoms. The number of aromatic nitrogens is 1. The highest BCUT2D eigenvalue weighted by molar-refractivity contribution is 6.22. The van der Waals surface area contributed by atoms with Crippen molar-refractivity contribution in [3.8, 4) is 0 Å². The third-order valence-corrected chi connectivity index (χ3v) is 4.40. The lowest BCUT2D eigenvalue weighted by molar-refractivity contribution is 0.104. The summed E-state index contributed by atoms with van der Waals surface area (Å²) in [6.07, 6.45) is 0. The average molecular weight is 299 g/mol. The molecule has 0 unspecified atom stereocenters. The van der Waals surface area contributed by atoms with Crippen molar-refractivity contribution in [3.05, 3.63) is 83.0 Å². The molecule has 2 nitrogen and oxygen atoms in total. The zero-order valence-corrected chi connectivity index (χ0v) is 13.2. The van der Waals surface area contributed by atoms with Crippen LogP contribution in [0.15, 0.2) is 60.7 Å². The van der Waals surface area contributed by atoms with Gasteiger partial charge in [-0.1, -0.05) is 54.6 Å². The molecular weight excluding hydrogens is 282 g/mol. The number of fused-ring (bicyclic) bond motifs is 2. The number of nitrogens with one attached hydrogen (secondary N) is 1. The van der Waals surface area contributed by atoms with Gasteiger partial charge in [0.05, 0.1) is 5.56 Å². The lowest BCUT2D eigenvalue weighted by atomic mass is 9.95. The molecule has 1 N–H and O–H groups in total. The van der Waals surface area contributed by atoms with Crippen molar-refractivity contribution in [2.45, 2.75) is 13.8 Å². The number of ketones is 1. The van der Waals surface area contributed by atoms with Crippen LogP contribution >= 0.6 is 0 Å². The fourth-order valence-corrected chi connectivity index (χ4v) is 3.30. The van der Waals surface area contributed by atoms with Crippen LogP contribution < -0.4 is 0 Å². The van der Waals surface area contributed by atoms with E-state index >= 15 is 0 Å². The molecule has 0 atom stereocenters. The van der Waals surface area contributed by atoms with Crippen LogP contribution in [-0.4, -0.2) is 10.8 Å². The SMILES string of the molecule is Cc1ccc2c(C(=O)c3cccc4ccccc34)c(C)[nH]c2c1. The molecular formula is C21H17NO. The molecule has 23 heavy (non-hydrogen) atoms. The summed E-state index contributed by atoms with van der Waals surface area (Å²) in [4.78, 5) is 16.6. The second-order valence-corrected chi connectivity index (χ2v) is 6.03. The fourth-order valence-electron chi connectivity index (χ4n) is 3.30. The van der Waals surface area contributed by atoms with E-state index in [1.54, 1.807) is 0 Å². The average Bonchev–Trinajstić information content (AvgIpc) is 2.88. The highest BCUT2D eigenvalue weighted by Gasteiger charge is 2.19. The first-order chi connectivity index (χ1) is 11.1. The summed E-state index contributed by atoms with van der Waals surface area (Å²) in [6, 6.07) is 20.1. The van der Waals surface area contributed by atoms with Gasteiger partial charge in [-0.25, -0.2) is 0 Å². The van der Waals surface area contributed by atoms with Gasteiger partial charge in [0, 0.05) is 22.2 Å². The molecule has 0 aliphatic carbocycles. The molecule has 0 fully saturated rings. The smallest absolute Gasteiger partial charge is 0.196 e. The number of aryl methyl sites for hydroxylation is 2. The minimum absolute atomic E-state index is 0.0782. The molecule has 0 aliphatic heterocycles. The largest absolute Gasteiger partial charge is 0.358 e. The Labute approximate surface area is 134 Å².